The van der Waals surface area contributed by atoms with Crippen molar-refractivity contribution in [1.82, 2.24) is 4.98 Å². The molecule has 0 atom stereocenters. The van der Waals surface area contributed by atoms with E-state index in [-0.39, 0.29) is 11.1 Å². The number of unbranched alkanes of at least 4 members (excludes halogenated alkanes) is 3. The Kier molecular flexibility index (Phi) is 8.14. The molecule has 0 bridgehead atoms. The molecule has 1 heterocycles. The maximum absolute atomic E-state index is 14.5. The number of carboxylic acids is 1. The molecular formula is C29H26F2N2O3S. The highest BCUT2D eigenvalue weighted by Gasteiger charge is 2.24. The molecule has 0 radical (unpaired) electrons. The number of carbonyl (C=O) groups excluding carboxylic acids is 1. The fourth-order valence-electron chi connectivity index (χ4n) is 4.14. The molecule has 0 saturated carbocycles. The van der Waals surface area contributed by atoms with Crippen molar-refractivity contribution in [3.05, 3.63) is 74.7 Å². The van der Waals surface area contributed by atoms with Gasteiger partial charge in [0.25, 0.3) is 5.91 Å². The largest absolute Gasteiger partial charge is 0.478 e. The third-order valence-corrected chi connectivity index (χ3v) is 7.15. The van der Waals surface area contributed by atoms with E-state index in [4.69, 9.17) is 5.11 Å². The van der Waals surface area contributed by atoms with Crippen LogP contribution in [0.25, 0.3) is 17.3 Å². The van der Waals surface area contributed by atoms with Crippen LogP contribution in [0.1, 0.15) is 71.5 Å². The molecule has 8 heteroatoms. The first-order chi connectivity index (χ1) is 17.8. The molecule has 1 aliphatic rings. The average molecular weight is 521 g/mol. The number of benzene rings is 2. The van der Waals surface area contributed by atoms with Crippen molar-refractivity contribution in [1.29, 1.82) is 0 Å². The standard InChI is InChI=1S/C29H26F2N2O3S/c1-3-4-5-6-7-9-18-10-8-11-21-20(18)12-13-25-26(21)32-29(37-25)33-27(34)19-15-23(30)22(24(31)16-19)14-17(2)28(35)36/h8,10-11,14-16H,3-6,12-13H2,1-2H3,(H,35,36)(H,32,33,34). The zero-order valence-electron chi connectivity index (χ0n) is 20.6. The first-order valence-electron chi connectivity index (χ1n) is 12.1. The van der Waals surface area contributed by atoms with Gasteiger partial charge in [-0.25, -0.2) is 18.6 Å². The van der Waals surface area contributed by atoms with Crippen molar-refractivity contribution in [3.63, 3.8) is 0 Å². The molecule has 0 saturated heterocycles. The topological polar surface area (TPSA) is 79.3 Å². The van der Waals surface area contributed by atoms with Gasteiger partial charge < -0.3 is 5.11 Å². The third-order valence-electron chi connectivity index (χ3n) is 6.12. The summed E-state index contributed by atoms with van der Waals surface area (Å²) < 4.78 is 29.0. The molecule has 0 unspecified atom stereocenters. The summed E-state index contributed by atoms with van der Waals surface area (Å²) in [4.78, 5) is 29.4. The Morgan fingerprint density at radius 3 is 2.65 bits per heavy atom. The number of carbonyl (C=O) groups is 2. The van der Waals surface area contributed by atoms with Crippen LogP contribution in [0.4, 0.5) is 13.9 Å². The van der Waals surface area contributed by atoms with Gasteiger partial charge >= 0.3 is 5.97 Å². The quantitative estimate of drug-likeness (QED) is 0.203. The second-order valence-electron chi connectivity index (χ2n) is 8.82. The van der Waals surface area contributed by atoms with Crippen molar-refractivity contribution in [2.75, 3.05) is 5.32 Å². The number of thiazole rings is 1. The molecule has 37 heavy (non-hydrogen) atoms. The monoisotopic (exact) mass is 520 g/mol. The Labute approximate surface area is 218 Å². The fourth-order valence-corrected chi connectivity index (χ4v) is 5.11. The number of amides is 1. The van der Waals surface area contributed by atoms with E-state index < -0.39 is 29.1 Å². The highest BCUT2D eigenvalue weighted by atomic mass is 32.1. The molecule has 0 spiro atoms. The summed E-state index contributed by atoms with van der Waals surface area (Å²) in [5.74, 6) is 2.52. The van der Waals surface area contributed by atoms with E-state index >= 15 is 0 Å². The lowest BCUT2D eigenvalue weighted by molar-refractivity contribution is -0.132. The molecule has 0 fully saturated rings. The van der Waals surface area contributed by atoms with Crippen LogP contribution in [0.5, 0.6) is 0 Å². The Morgan fingerprint density at radius 2 is 1.95 bits per heavy atom. The summed E-state index contributed by atoms with van der Waals surface area (Å²) in [6, 6.07) is 7.74. The van der Waals surface area contributed by atoms with Crippen LogP contribution >= 0.6 is 11.3 Å². The van der Waals surface area contributed by atoms with Crippen LogP contribution in [-0.2, 0) is 17.6 Å². The first-order valence-corrected chi connectivity index (χ1v) is 12.9. The highest BCUT2D eigenvalue weighted by Crippen LogP contribution is 2.39. The van der Waals surface area contributed by atoms with Gasteiger partial charge in [-0.2, -0.15) is 0 Å². The number of aryl methyl sites for hydroxylation is 1. The molecule has 2 aromatic carbocycles. The molecule has 5 nitrogen and oxygen atoms in total. The van der Waals surface area contributed by atoms with E-state index in [1.54, 1.807) is 0 Å². The minimum absolute atomic E-state index is 0.227. The van der Waals surface area contributed by atoms with Gasteiger partial charge in [0.2, 0.25) is 0 Å². The van der Waals surface area contributed by atoms with E-state index in [2.05, 4.69) is 29.1 Å². The predicted molar refractivity (Wildman–Crippen MR) is 142 cm³/mol. The van der Waals surface area contributed by atoms with Crippen molar-refractivity contribution in [2.24, 2.45) is 0 Å². The molecular weight excluding hydrogens is 494 g/mol. The summed E-state index contributed by atoms with van der Waals surface area (Å²) in [5.41, 5.74) is 2.95. The normalized spacial score (nSPS) is 12.3. The second kappa shape index (κ2) is 11.5. The minimum Gasteiger partial charge on any atom is -0.478 e. The van der Waals surface area contributed by atoms with Crippen LogP contribution in [0, 0.1) is 23.5 Å². The van der Waals surface area contributed by atoms with Gasteiger partial charge in [0.05, 0.1) is 5.69 Å². The lowest BCUT2D eigenvalue weighted by atomic mass is 9.90. The van der Waals surface area contributed by atoms with Gasteiger partial charge in [-0.15, -0.1) is 11.3 Å². The summed E-state index contributed by atoms with van der Waals surface area (Å²) in [7, 11) is 0. The Morgan fingerprint density at radius 1 is 1.19 bits per heavy atom. The number of fused-ring (bicyclic) bond motifs is 3. The van der Waals surface area contributed by atoms with Crippen molar-refractivity contribution in [3.8, 4) is 23.1 Å². The van der Waals surface area contributed by atoms with Crippen LogP contribution in [0.3, 0.4) is 0 Å². The zero-order valence-corrected chi connectivity index (χ0v) is 21.4. The summed E-state index contributed by atoms with van der Waals surface area (Å²) in [6.07, 6.45) is 6.76. The van der Waals surface area contributed by atoms with Crippen molar-refractivity contribution in [2.45, 2.75) is 52.4 Å². The van der Waals surface area contributed by atoms with Gasteiger partial charge in [-0.1, -0.05) is 43.7 Å². The number of hydrogen-bond donors (Lipinski definition) is 2. The van der Waals surface area contributed by atoms with Gasteiger partial charge in [0, 0.05) is 39.1 Å². The SMILES string of the molecule is CCCCCC#Cc1cccc2c1CCc1sc(NC(=O)c3cc(F)c(C=C(C)C(=O)O)c(F)c3)nc1-2. The van der Waals surface area contributed by atoms with Crippen molar-refractivity contribution >= 4 is 34.4 Å². The van der Waals surface area contributed by atoms with Crippen LogP contribution in [-0.4, -0.2) is 22.0 Å². The molecule has 2 N–H and O–H groups in total. The number of nitrogens with zero attached hydrogens (tertiary/aromatic N) is 1. The van der Waals surface area contributed by atoms with Gasteiger partial charge in [-0.05, 0) is 56.0 Å². The van der Waals surface area contributed by atoms with Crippen LogP contribution < -0.4 is 5.32 Å². The second-order valence-corrected chi connectivity index (χ2v) is 9.91. The molecule has 1 amide bonds. The molecule has 1 aromatic heterocycles. The molecule has 4 rings (SSSR count). The summed E-state index contributed by atoms with van der Waals surface area (Å²) in [6.45, 7) is 3.39. The van der Waals surface area contributed by atoms with Crippen LogP contribution in [0.2, 0.25) is 0 Å². The number of aromatic nitrogens is 1. The van der Waals surface area contributed by atoms with E-state index in [1.807, 2.05) is 18.2 Å². The lowest BCUT2D eigenvalue weighted by Gasteiger charge is -2.16. The van der Waals surface area contributed by atoms with E-state index in [0.29, 0.717) is 5.13 Å². The summed E-state index contributed by atoms with van der Waals surface area (Å²) in [5, 5.41) is 11.9. The van der Waals surface area contributed by atoms with E-state index in [0.717, 1.165) is 77.6 Å². The number of carboxylic acid groups (broad SMARTS) is 1. The molecule has 3 aromatic rings. The minimum atomic E-state index is -1.29. The maximum atomic E-state index is 14.5. The number of rotatable bonds is 7. The molecule has 1 aliphatic carbocycles. The summed E-state index contributed by atoms with van der Waals surface area (Å²) >= 11 is 1.34. The smallest absolute Gasteiger partial charge is 0.331 e. The number of hydrogen-bond acceptors (Lipinski definition) is 4. The first kappa shape index (κ1) is 26.2. The molecule has 190 valence electrons. The Hall–Kier alpha value is -3.83. The number of nitrogens with one attached hydrogen (secondary N) is 1. The Bertz CT molecular complexity index is 1440. The van der Waals surface area contributed by atoms with Gasteiger partial charge in [0.1, 0.15) is 11.6 Å². The zero-order chi connectivity index (χ0) is 26.5. The van der Waals surface area contributed by atoms with Crippen molar-refractivity contribution < 1.29 is 23.5 Å². The molecule has 0 aliphatic heterocycles. The Balaban J connectivity index is 1.55. The predicted octanol–water partition coefficient (Wildman–Crippen LogP) is 6.86. The van der Waals surface area contributed by atoms with E-state index in [9.17, 15) is 18.4 Å². The number of anilines is 1. The van der Waals surface area contributed by atoms with E-state index in [1.165, 1.54) is 24.7 Å². The van der Waals surface area contributed by atoms with Gasteiger partial charge in [-0.3, -0.25) is 10.1 Å². The maximum Gasteiger partial charge on any atom is 0.331 e. The number of aliphatic carboxylic acids is 1. The highest BCUT2D eigenvalue weighted by molar-refractivity contribution is 7.16. The fraction of sp³-hybridized carbons (Fsp3) is 0.276. The number of halogens is 2. The lowest BCUT2D eigenvalue weighted by Crippen LogP contribution is -2.13. The third kappa shape index (κ3) is 5.95. The average Bonchev–Trinajstić information content (AvgIpc) is 3.28. The van der Waals surface area contributed by atoms with Crippen LogP contribution in [0.15, 0.2) is 35.9 Å². The van der Waals surface area contributed by atoms with Gasteiger partial charge in [0.15, 0.2) is 5.13 Å².